The fourth-order valence-electron chi connectivity index (χ4n) is 8.34. The molecule has 8 rings (SSSR count). The van der Waals surface area contributed by atoms with Crippen LogP contribution < -0.4 is 5.32 Å². The predicted molar refractivity (Wildman–Crippen MR) is 191 cm³/mol. The van der Waals surface area contributed by atoms with Crippen LogP contribution in [-0.4, -0.2) is 90.5 Å². The highest BCUT2D eigenvalue weighted by Gasteiger charge is 2.74. The summed E-state index contributed by atoms with van der Waals surface area (Å²) in [5.41, 5.74) is 1.12. The quantitative estimate of drug-likeness (QED) is 0.226. The minimum absolute atomic E-state index is 0.0204. The first-order chi connectivity index (χ1) is 25.8. The number of carbonyl (C=O) groups is 4. The van der Waals surface area contributed by atoms with Gasteiger partial charge in [0.15, 0.2) is 0 Å². The lowest BCUT2D eigenvalue weighted by Gasteiger charge is -2.38. The molecular formula is C40H40N6O7. The number of aromatic nitrogens is 3. The Bertz CT molecular complexity index is 2090. The maximum Gasteiger partial charge on any atom is 0.313 e. The predicted octanol–water partition coefficient (Wildman–Crippen LogP) is 3.24. The first kappa shape index (κ1) is 34.4. The number of hydrogen-bond donors (Lipinski definition) is 2. The third-order valence-corrected chi connectivity index (χ3v) is 10.8. The summed E-state index contributed by atoms with van der Waals surface area (Å²) in [7, 11) is 0. The van der Waals surface area contributed by atoms with Crippen molar-refractivity contribution in [2.75, 3.05) is 13.2 Å². The van der Waals surface area contributed by atoms with Gasteiger partial charge < -0.3 is 29.7 Å². The molecule has 0 saturated carbocycles. The molecule has 272 valence electrons. The van der Waals surface area contributed by atoms with Crippen LogP contribution in [0.1, 0.15) is 43.0 Å². The van der Waals surface area contributed by atoms with Gasteiger partial charge in [-0.2, -0.15) is 0 Å². The number of para-hydroxylation sites is 1. The van der Waals surface area contributed by atoms with Gasteiger partial charge in [-0.3, -0.25) is 19.2 Å². The van der Waals surface area contributed by atoms with E-state index >= 15 is 4.79 Å². The Balaban J connectivity index is 1.25. The largest absolute Gasteiger partial charge is 0.455 e. The molecular weight excluding hydrogens is 676 g/mol. The van der Waals surface area contributed by atoms with E-state index in [1.165, 1.54) is 4.90 Å². The third kappa shape index (κ3) is 5.99. The number of benzene rings is 3. The van der Waals surface area contributed by atoms with Gasteiger partial charge in [0.25, 0.3) is 5.91 Å². The van der Waals surface area contributed by atoms with Crippen LogP contribution in [0.2, 0.25) is 0 Å². The minimum atomic E-state index is -1.53. The fourth-order valence-corrected chi connectivity index (χ4v) is 8.34. The van der Waals surface area contributed by atoms with Gasteiger partial charge in [-0.05, 0) is 36.6 Å². The Labute approximate surface area is 305 Å². The van der Waals surface area contributed by atoms with Crippen LogP contribution >= 0.6 is 0 Å². The Kier molecular flexibility index (Phi) is 9.13. The molecule has 2 N–H and O–H groups in total. The molecule has 4 aliphatic heterocycles. The second kappa shape index (κ2) is 14.1. The number of nitrogens with zero attached hydrogens (tertiary/aromatic N) is 5. The Morgan fingerprint density at radius 2 is 1.68 bits per heavy atom. The molecule has 0 radical (unpaired) electrons. The van der Waals surface area contributed by atoms with E-state index in [-0.39, 0.29) is 25.5 Å². The Hall–Kier alpha value is -5.66. The van der Waals surface area contributed by atoms with E-state index in [0.717, 1.165) is 0 Å². The van der Waals surface area contributed by atoms with Crippen molar-refractivity contribution in [2.24, 2.45) is 11.8 Å². The summed E-state index contributed by atoms with van der Waals surface area (Å²) in [4.78, 5) is 60.8. The fraction of sp³-hybridized carbons (Fsp3) is 0.350. The van der Waals surface area contributed by atoms with Gasteiger partial charge in [-0.15, -0.1) is 5.10 Å². The SMILES string of the molecule is C[C@@H]1NC(=O)CC/C=C\CN(Cn2nnc3ccccc32)C(=O)[C@H]2N([C@H](CO)c3ccccc3)C(=O)[C@@H]3[C@@H](C(=O)O[C@H]1c1ccccc1)[C@H]1C=C[C@]32O1. The van der Waals surface area contributed by atoms with E-state index in [2.05, 4.69) is 15.6 Å². The molecule has 3 amide bonds. The van der Waals surface area contributed by atoms with Gasteiger partial charge in [0, 0.05) is 13.0 Å². The molecule has 1 spiro atoms. The molecule has 13 heteroatoms. The van der Waals surface area contributed by atoms with Gasteiger partial charge in [-0.1, -0.05) is 102 Å². The number of cyclic esters (lactones) is 1. The normalized spacial score (nSPS) is 30.0. The zero-order valence-corrected chi connectivity index (χ0v) is 29.1. The molecule has 1 aromatic heterocycles. The molecule has 2 saturated heterocycles. The van der Waals surface area contributed by atoms with Crippen molar-refractivity contribution in [1.82, 2.24) is 30.1 Å². The average Bonchev–Trinajstić information content (AvgIpc) is 3.93. The lowest BCUT2D eigenvalue weighted by Crippen LogP contribution is -2.57. The zero-order valence-electron chi connectivity index (χ0n) is 29.1. The van der Waals surface area contributed by atoms with Crippen LogP contribution in [0.15, 0.2) is 109 Å². The molecule has 4 aliphatic rings. The smallest absolute Gasteiger partial charge is 0.313 e. The first-order valence-electron chi connectivity index (χ1n) is 17.9. The maximum absolute atomic E-state index is 15.3. The number of likely N-dealkylation sites (tertiary alicyclic amines) is 1. The van der Waals surface area contributed by atoms with Crippen molar-refractivity contribution in [1.29, 1.82) is 0 Å². The van der Waals surface area contributed by atoms with Crippen LogP contribution in [0, 0.1) is 11.8 Å². The van der Waals surface area contributed by atoms with Crippen molar-refractivity contribution in [3.05, 3.63) is 120 Å². The molecule has 2 fully saturated rings. The molecule has 5 heterocycles. The number of fused-ring (bicyclic) bond motifs is 3. The second-order valence-corrected chi connectivity index (χ2v) is 14.0. The van der Waals surface area contributed by atoms with Crippen molar-refractivity contribution in [3.8, 4) is 0 Å². The van der Waals surface area contributed by atoms with Gasteiger partial charge in [-0.25, -0.2) is 4.68 Å². The van der Waals surface area contributed by atoms with E-state index in [9.17, 15) is 19.5 Å². The lowest BCUT2D eigenvalue weighted by atomic mass is 9.74. The number of amides is 3. The van der Waals surface area contributed by atoms with Crippen molar-refractivity contribution < 1.29 is 33.8 Å². The third-order valence-electron chi connectivity index (χ3n) is 10.8. The van der Waals surface area contributed by atoms with Gasteiger partial charge in [0.2, 0.25) is 11.8 Å². The summed E-state index contributed by atoms with van der Waals surface area (Å²) < 4.78 is 14.5. The van der Waals surface area contributed by atoms with E-state index < -0.39 is 72.2 Å². The summed E-state index contributed by atoms with van der Waals surface area (Å²) in [6, 6.07) is 22.8. The number of allylic oxidation sites excluding steroid dienone is 1. The molecule has 0 aliphatic carbocycles. The summed E-state index contributed by atoms with van der Waals surface area (Å²) >= 11 is 0. The van der Waals surface area contributed by atoms with Crippen LogP contribution in [0.4, 0.5) is 0 Å². The molecule has 13 nitrogen and oxygen atoms in total. The highest BCUT2D eigenvalue weighted by atomic mass is 16.6. The van der Waals surface area contributed by atoms with Gasteiger partial charge >= 0.3 is 5.97 Å². The molecule has 0 unspecified atom stereocenters. The van der Waals surface area contributed by atoms with Gasteiger partial charge in [0.05, 0.1) is 36.2 Å². The van der Waals surface area contributed by atoms with E-state index in [4.69, 9.17) is 9.47 Å². The average molecular weight is 717 g/mol. The highest BCUT2D eigenvalue weighted by molar-refractivity contribution is 5.99. The number of ether oxygens (including phenoxy) is 2. The molecule has 5 bridgehead atoms. The van der Waals surface area contributed by atoms with Crippen LogP contribution in [0.3, 0.4) is 0 Å². The number of esters is 1. The molecule has 4 aromatic rings. The van der Waals surface area contributed by atoms with E-state index in [0.29, 0.717) is 28.6 Å². The zero-order chi connectivity index (χ0) is 36.7. The minimum Gasteiger partial charge on any atom is -0.455 e. The number of hydrogen-bond acceptors (Lipinski definition) is 9. The maximum atomic E-state index is 15.3. The van der Waals surface area contributed by atoms with Crippen LogP contribution in [0.5, 0.6) is 0 Å². The summed E-state index contributed by atoms with van der Waals surface area (Å²) in [6.45, 7) is 1.38. The molecule has 3 aromatic carbocycles. The monoisotopic (exact) mass is 716 g/mol. The van der Waals surface area contributed by atoms with Crippen LogP contribution in [0.25, 0.3) is 11.0 Å². The summed E-state index contributed by atoms with van der Waals surface area (Å²) in [5.74, 6) is -4.09. The molecule has 53 heavy (non-hydrogen) atoms. The lowest BCUT2D eigenvalue weighted by molar-refractivity contribution is -0.162. The van der Waals surface area contributed by atoms with E-state index in [1.54, 1.807) is 52.9 Å². The van der Waals surface area contributed by atoms with Crippen molar-refractivity contribution in [2.45, 2.75) is 62.4 Å². The number of rotatable bonds is 6. The van der Waals surface area contributed by atoms with Crippen molar-refractivity contribution in [3.63, 3.8) is 0 Å². The highest BCUT2D eigenvalue weighted by Crippen LogP contribution is 2.57. The number of carbonyl (C=O) groups excluding carboxylic acids is 4. The molecule has 8 atom stereocenters. The summed E-state index contributed by atoms with van der Waals surface area (Å²) in [5, 5.41) is 22.5. The Morgan fingerprint density at radius 1 is 0.943 bits per heavy atom. The Morgan fingerprint density at radius 3 is 2.45 bits per heavy atom. The van der Waals surface area contributed by atoms with Crippen molar-refractivity contribution >= 4 is 34.7 Å². The van der Waals surface area contributed by atoms with Crippen LogP contribution in [-0.2, 0) is 35.3 Å². The standard InChI is InChI=1S/C40H40N6O7/c1-25-35(27-15-7-3-8-16-27)52-39(51)33-31-20-21-40(53-31)34(33)37(49)46(30(23-47)26-13-5-2-6-14-26)36(40)38(50)44(22-12-4-9-19-32(48)41-25)24-45-29-18-11-10-17-28(29)42-43-45/h2-8,10-18,20-21,25,30-31,33-36,47H,9,19,22-24H2,1H3,(H,41,48)/b12-4-/t25-,30+,31+,33-,34-,35+,36+,40-/m0/s1. The number of aliphatic hydroxyl groups excluding tert-OH is 1. The first-order valence-corrected chi connectivity index (χ1v) is 17.9. The van der Waals surface area contributed by atoms with E-state index in [1.807, 2.05) is 72.8 Å². The number of nitrogens with one attached hydrogen (secondary N) is 1. The number of aliphatic hydroxyl groups is 1. The summed E-state index contributed by atoms with van der Waals surface area (Å²) in [6.07, 6.45) is 5.96. The topological polar surface area (TPSA) is 156 Å². The second-order valence-electron chi connectivity index (χ2n) is 14.0. The van der Waals surface area contributed by atoms with Gasteiger partial charge in [0.1, 0.15) is 35.9 Å².